The summed E-state index contributed by atoms with van der Waals surface area (Å²) in [6.45, 7) is 4.39. The summed E-state index contributed by atoms with van der Waals surface area (Å²) in [5.41, 5.74) is 7.18. The van der Waals surface area contributed by atoms with Gasteiger partial charge in [0.05, 0.1) is 17.8 Å². The first-order valence-electron chi connectivity index (χ1n) is 10.2. The van der Waals surface area contributed by atoms with Gasteiger partial charge in [-0.25, -0.2) is 4.98 Å². The van der Waals surface area contributed by atoms with Crippen LogP contribution in [0.15, 0.2) is 28.8 Å². The largest absolute Gasteiger partial charge is 0.491 e. The number of carbonyl (C=O) groups excluding carboxylic acids is 1. The van der Waals surface area contributed by atoms with Gasteiger partial charge in [-0.1, -0.05) is 17.0 Å². The van der Waals surface area contributed by atoms with Crippen LogP contribution in [0.25, 0.3) is 11.4 Å². The normalized spacial score (nSPS) is 16.7. The van der Waals surface area contributed by atoms with Crippen LogP contribution in [-0.4, -0.2) is 32.3 Å². The highest BCUT2D eigenvalue weighted by molar-refractivity contribution is 5.93. The lowest BCUT2D eigenvalue weighted by molar-refractivity contribution is 0.0994. The van der Waals surface area contributed by atoms with Crippen LogP contribution >= 0.6 is 0 Å². The van der Waals surface area contributed by atoms with Crippen LogP contribution in [0.2, 0.25) is 0 Å². The Bertz CT molecular complexity index is 1250. The summed E-state index contributed by atoms with van der Waals surface area (Å²) in [6.07, 6.45) is 2.06. The highest BCUT2D eigenvalue weighted by Crippen LogP contribution is 2.44. The van der Waals surface area contributed by atoms with E-state index < -0.39 is 11.5 Å². The molecule has 1 aliphatic carbocycles. The third-order valence-corrected chi connectivity index (χ3v) is 5.57. The Morgan fingerprint density at radius 1 is 1.35 bits per heavy atom. The molecule has 1 saturated carbocycles. The van der Waals surface area contributed by atoms with Gasteiger partial charge in [0.2, 0.25) is 0 Å². The first-order chi connectivity index (χ1) is 14.8. The smallest absolute Gasteiger partial charge is 0.269 e. The van der Waals surface area contributed by atoms with Gasteiger partial charge >= 0.3 is 0 Å². The van der Waals surface area contributed by atoms with E-state index in [4.69, 9.17) is 15.0 Å². The van der Waals surface area contributed by atoms with E-state index >= 15 is 0 Å². The molecule has 1 aliphatic heterocycles. The average molecular weight is 418 g/mol. The molecule has 1 fully saturated rings. The Balaban J connectivity index is 1.57. The first-order valence-corrected chi connectivity index (χ1v) is 10.2. The Kier molecular flexibility index (Phi) is 4.38. The topological polar surface area (TPSA) is 116 Å². The van der Waals surface area contributed by atoms with Gasteiger partial charge < -0.3 is 24.7 Å². The number of aromatic nitrogens is 3. The number of carbonyl (C=O) groups is 1. The van der Waals surface area contributed by atoms with Crippen molar-refractivity contribution in [2.75, 3.05) is 6.61 Å². The van der Waals surface area contributed by atoms with Crippen LogP contribution in [0.3, 0.4) is 0 Å². The Labute approximate surface area is 179 Å². The zero-order valence-corrected chi connectivity index (χ0v) is 17.3. The van der Waals surface area contributed by atoms with E-state index in [2.05, 4.69) is 26.5 Å². The number of nitrogens with two attached hydrogens (primary N) is 1. The van der Waals surface area contributed by atoms with Crippen molar-refractivity contribution in [2.24, 2.45) is 5.73 Å². The number of benzene rings is 1. The van der Waals surface area contributed by atoms with Crippen molar-refractivity contribution in [2.45, 2.75) is 44.8 Å². The third-order valence-electron chi connectivity index (χ3n) is 5.57. The monoisotopic (exact) mass is 418 g/mol. The molecule has 8 nitrogen and oxygen atoms in total. The van der Waals surface area contributed by atoms with Gasteiger partial charge in [0.15, 0.2) is 5.60 Å². The number of amides is 1. The molecule has 0 bridgehead atoms. The van der Waals surface area contributed by atoms with E-state index in [0.29, 0.717) is 53.4 Å². The number of rotatable bonds is 3. The van der Waals surface area contributed by atoms with Crippen LogP contribution in [0.1, 0.15) is 58.9 Å². The van der Waals surface area contributed by atoms with Gasteiger partial charge in [-0.3, -0.25) is 4.79 Å². The molecular formula is C23H22N4O4. The average Bonchev–Trinajstić information content (AvgIpc) is 3.40. The molecule has 1 aromatic carbocycles. The number of imidazole rings is 1. The second-order valence-electron chi connectivity index (χ2n) is 8.16. The van der Waals surface area contributed by atoms with E-state index in [1.165, 1.54) is 0 Å². The number of aryl methyl sites for hydroxylation is 1. The van der Waals surface area contributed by atoms with Crippen LogP contribution < -0.4 is 10.5 Å². The van der Waals surface area contributed by atoms with Crippen molar-refractivity contribution in [3.8, 4) is 29.0 Å². The summed E-state index contributed by atoms with van der Waals surface area (Å²) in [4.78, 5) is 16.6. The molecule has 1 atom stereocenters. The molecule has 3 N–H and O–H groups in total. The van der Waals surface area contributed by atoms with Crippen LogP contribution in [0.4, 0.5) is 0 Å². The molecule has 158 valence electrons. The lowest BCUT2D eigenvalue weighted by Gasteiger charge is -2.11. The SMILES string of the molecule is Cc1cc([C@@](C)(O)C#Cc2ccc3c(c2)-c2nc(C(N)=O)c(C4CC4)n2CCO3)no1. The number of hydrogen-bond acceptors (Lipinski definition) is 6. The molecule has 2 aromatic heterocycles. The quantitative estimate of drug-likeness (QED) is 0.631. The van der Waals surface area contributed by atoms with Crippen LogP contribution in [-0.2, 0) is 12.1 Å². The predicted molar refractivity (Wildman–Crippen MR) is 111 cm³/mol. The van der Waals surface area contributed by atoms with E-state index in [1.807, 2.05) is 18.2 Å². The number of ether oxygens (including phenoxy) is 1. The molecule has 31 heavy (non-hydrogen) atoms. The molecule has 0 saturated heterocycles. The zero-order valence-electron chi connectivity index (χ0n) is 17.3. The molecule has 1 amide bonds. The fourth-order valence-corrected chi connectivity index (χ4v) is 3.86. The first kappa shape index (κ1) is 19.4. The number of hydrogen-bond donors (Lipinski definition) is 2. The maximum atomic E-state index is 12.0. The molecule has 2 aliphatic rings. The number of primary amides is 1. The Morgan fingerprint density at radius 3 is 2.84 bits per heavy atom. The van der Waals surface area contributed by atoms with E-state index in [9.17, 15) is 9.90 Å². The Morgan fingerprint density at radius 2 is 2.16 bits per heavy atom. The minimum absolute atomic E-state index is 0.314. The molecule has 8 heteroatoms. The summed E-state index contributed by atoms with van der Waals surface area (Å²) in [5, 5.41) is 14.5. The second-order valence-corrected chi connectivity index (χ2v) is 8.16. The third kappa shape index (κ3) is 3.47. The fourth-order valence-electron chi connectivity index (χ4n) is 3.86. The highest BCUT2D eigenvalue weighted by atomic mass is 16.5. The van der Waals surface area contributed by atoms with Crippen LogP contribution in [0, 0.1) is 18.8 Å². The minimum Gasteiger partial charge on any atom is -0.491 e. The molecule has 0 unspecified atom stereocenters. The lowest BCUT2D eigenvalue weighted by Crippen LogP contribution is -2.18. The van der Waals surface area contributed by atoms with Crippen molar-refractivity contribution in [3.05, 3.63) is 52.7 Å². The van der Waals surface area contributed by atoms with Gasteiger partial charge in [0, 0.05) is 17.5 Å². The van der Waals surface area contributed by atoms with Crippen molar-refractivity contribution < 1.29 is 19.2 Å². The molecule has 3 heterocycles. The number of aliphatic hydroxyl groups is 1. The van der Waals surface area contributed by atoms with E-state index in [1.54, 1.807) is 19.9 Å². The fraction of sp³-hybridized carbons (Fsp3) is 0.348. The minimum atomic E-state index is -1.46. The van der Waals surface area contributed by atoms with Gasteiger partial charge in [0.1, 0.15) is 35.3 Å². The molecule has 3 aromatic rings. The molecule has 0 radical (unpaired) electrons. The highest BCUT2D eigenvalue weighted by Gasteiger charge is 2.35. The van der Waals surface area contributed by atoms with E-state index in [-0.39, 0.29) is 0 Å². The summed E-state index contributed by atoms with van der Waals surface area (Å²) >= 11 is 0. The lowest BCUT2D eigenvalue weighted by atomic mass is 10.0. The van der Waals surface area contributed by atoms with E-state index in [0.717, 1.165) is 24.1 Å². The maximum Gasteiger partial charge on any atom is 0.269 e. The van der Waals surface area contributed by atoms with Crippen LogP contribution in [0.5, 0.6) is 5.75 Å². The molecular weight excluding hydrogens is 396 g/mol. The van der Waals surface area contributed by atoms with Crippen molar-refractivity contribution in [3.63, 3.8) is 0 Å². The Hall–Kier alpha value is -3.57. The summed E-state index contributed by atoms with van der Waals surface area (Å²) in [7, 11) is 0. The number of fused-ring (bicyclic) bond motifs is 3. The molecule has 5 rings (SSSR count). The van der Waals surface area contributed by atoms with Crippen molar-refractivity contribution in [1.29, 1.82) is 0 Å². The van der Waals surface area contributed by atoms with Gasteiger partial charge in [-0.15, -0.1) is 0 Å². The standard InChI is InChI=1S/C23H22N4O4/c1-13-11-18(26-31-13)23(2,29)8-7-14-3-6-17-16(12-14)22-25-19(21(24)28)20(15-4-5-15)27(22)9-10-30-17/h3,6,11-12,15,29H,4-5,9-10H2,1-2H3,(H2,24,28)/t23-/m0/s1. The van der Waals surface area contributed by atoms with Crippen molar-refractivity contribution in [1.82, 2.24) is 14.7 Å². The van der Waals surface area contributed by atoms with Gasteiger partial charge in [-0.05, 0) is 44.9 Å². The maximum absolute atomic E-state index is 12.0. The molecule has 0 spiro atoms. The van der Waals surface area contributed by atoms with Gasteiger partial charge in [0.25, 0.3) is 5.91 Å². The van der Waals surface area contributed by atoms with Gasteiger partial charge in [-0.2, -0.15) is 0 Å². The van der Waals surface area contributed by atoms with Crippen molar-refractivity contribution >= 4 is 5.91 Å². The summed E-state index contributed by atoms with van der Waals surface area (Å²) < 4.78 is 13.0. The summed E-state index contributed by atoms with van der Waals surface area (Å²) in [6, 6.07) is 7.17. The summed E-state index contributed by atoms with van der Waals surface area (Å²) in [5.74, 6) is 7.59. The number of nitrogens with zero attached hydrogens (tertiary/aromatic N) is 3. The predicted octanol–water partition coefficient (Wildman–Crippen LogP) is 2.47. The second kappa shape index (κ2) is 7.00. The zero-order chi connectivity index (χ0) is 21.8.